The Labute approximate surface area is 180 Å². The number of ether oxygens (including phenoxy) is 1. The van der Waals surface area contributed by atoms with Crippen molar-refractivity contribution in [3.8, 4) is 0 Å². The van der Waals surface area contributed by atoms with Crippen LogP contribution in [0, 0.1) is 5.82 Å². The third-order valence-corrected chi connectivity index (χ3v) is 6.43. The lowest BCUT2D eigenvalue weighted by molar-refractivity contribution is -0.119. The first-order valence-electron chi connectivity index (χ1n) is 9.47. The van der Waals surface area contributed by atoms with Crippen molar-refractivity contribution in [1.29, 1.82) is 0 Å². The van der Waals surface area contributed by atoms with E-state index in [0.29, 0.717) is 11.3 Å². The highest BCUT2D eigenvalue weighted by Crippen LogP contribution is 2.20. The van der Waals surface area contributed by atoms with Crippen LogP contribution in [0.4, 0.5) is 10.1 Å². The fourth-order valence-electron chi connectivity index (χ4n) is 2.76. The van der Waals surface area contributed by atoms with Gasteiger partial charge in [0.05, 0.1) is 10.5 Å². The van der Waals surface area contributed by atoms with Gasteiger partial charge in [-0.3, -0.25) is 9.59 Å². The number of hydrogen-bond acceptors (Lipinski definition) is 6. The highest BCUT2D eigenvalue weighted by Gasteiger charge is 2.25. The highest BCUT2D eigenvalue weighted by atomic mass is 32.2. The molecule has 0 aliphatic rings. The minimum absolute atomic E-state index is 0.183. The second-order valence-electron chi connectivity index (χ2n) is 6.49. The van der Waals surface area contributed by atoms with Crippen molar-refractivity contribution in [1.82, 2.24) is 4.31 Å². The predicted octanol–water partition coefficient (Wildman–Crippen LogP) is 2.85. The number of nitrogens with zero attached hydrogens (tertiary/aromatic N) is 1. The number of anilines is 1. The lowest BCUT2D eigenvalue weighted by Crippen LogP contribution is -2.30. The van der Waals surface area contributed by atoms with Crippen molar-refractivity contribution in [2.75, 3.05) is 25.0 Å². The summed E-state index contributed by atoms with van der Waals surface area (Å²) in [6.45, 7) is 4.39. The van der Waals surface area contributed by atoms with Gasteiger partial charge in [-0.25, -0.2) is 17.6 Å². The second kappa shape index (κ2) is 10.3. The van der Waals surface area contributed by atoms with Crippen LogP contribution in [0.1, 0.15) is 41.5 Å². The van der Waals surface area contributed by atoms with Gasteiger partial charge in [0.1, 0.15) is 5.82 Å². The van der Waals surface area contributed by atoms with Gasteiger partial charge < -0.3 is 10.1 Å². The average molecular weight is 450 g/mol. The number of benzene rings is 2. The molecule has 2 rings (SSSR count). The van der Waals surface area contributed by atoms with Gasteiger partial charge in [0.25, 0.3) is 5.91 Å². The Bertz CT molecular complexity index is 1100. The molecule has 8 nitrogen and oxygen atoms in total. The van der Waals surface area contributed by atoms with E-state index in [2.05, 4.69) is 5.32 Å². The Morgan fingerprint density at radius 3 is 2.35 bits per heavy atom. The first-order chi connectivity index (χ1) is 14.6. The number of Topliss-reactive ketones (excluding diaryl/α,β-unsaturated/α-hetero) is 1. The van der Waals surface area contributed by atoms with Crippen LogP contribution >= 0.6 is 0 Å². The summed E-state index contributed by atoms with van der Waals surface area (Å²) in [7, 11) is -3.91. The summed E-state index contributed by atoms with van der Waals surface area (Å²) < 4.78 is 45.3. The monoisotopic (exact) mass is 450 g/mol. The molecule has 0 atom stereocenters. The van der Waals surface area contributed by atoms with Crippen LogP contribution in [0.2, 0.25) is 0 Å². The number of sulfonamides is 1. The van der Waals surface area contributed by atoms with Crippen molar-refractivity contribution in [3.63, 3.8) is 0 Å². The Morgan fingerprint density at radius 2 is 1.74 bits per heavy atom. The number of nitrogens with one attached hydrogen (secondary N) is 1. The molecule has 1 amide bonds. The zero-order valence-corrected chi connectivity index (χ0v) is 18.2. The highest BCUT2D eigenvalue weighted by molar-refractivity contribution is 7.89. The molecule has 166 valence electrons. The van der Waals surface area contributed by atoms with Crippen LogP contribution in [0.25, 0.3) is 0 Å². The van der Waals surface area contributed by atoms with E-state index in [0.717, 1.165) is 22.5 Å². The number of carbonyl (C=O) groups is 3. The molecule has 0 spiro atoms. The molecule has 0 aliphatic carbocycles. The van der Waals surface area contributed by atoms with E-state index in [1.807, 2.05) is 0 Å². The largest absolute Gasteiger partial charge is 0.452 e. The first kappa shape index (κ1) is 24.2. The van der Waals surface area contributed by atoms with E-state index in [1.54, 1.807) is 32.0 Å². The number of rotatable bonds is 9. The van der Waals surface area contributed by atoms with Gasteiger partial charge in [0.2, 0.25) is 10.0 Å². The van der Waals surface area contributed by atoms with E-state index in [4.69, 9.17) is 4.74 Å². The molecular formula is C21H23FN2O6S. The maximum absolute atomic E-state index is 14.1. The van der Waals surface area contributed by atoms with Gasteiger partial charge in [-0.15, -0.1) is 0 Å². The third-order valence-electron chi connectivity index (χ3n) is 4.39. The van der Waals surface area contributed by atoms with Crippen LogP contribution in [-0.4, -0.2) is 50.1 Å². The molecule has 0 fully saturated rings. The topological polar surface area (TPSA) is 110 Å². The normalized spacial score (nSPS) is 11.3. The molecule has 10 heteroatoms. The molecule has 2 aromatic carbocycles. The zero-order chi connectivity index (χ0) is 23.2. The molecule has 0 unspecified atom stereocenters. The minimum atomic E-state index is -3.91. The number of carbonyl (C=O) groups excluding carboxylic acids is 3. The molecule has 2 aromatic rings. The summed E-state index contributed by atoms with van der Waals surface area (Å²) in [5.41, 5.74) is 0.120. The van der Waals surface area contributed by atoms with E-state index in [1.165, 1.54) is 13.0 Å². The van der Waals surface area contributed by atoms with Crippen molar-refractivity contribution in [2.45, 2.75) is 25.7 Å². The smallest absolute Gasteiger partial charge is 0.341 e. The Kier molecular flexibility index (Phi) is 8.01. The molecule has 0 saturated heterocycles. The van der Waals surface area contributed by atoms with Crippen LogP contribution in [-0.2, 0) is 19.6 Å². The maximum atomic E-state index is 14.1. The molecular weight excluding hydrogens is 427 g/mol. The van der Waals surface area contributed by atoms with Crippen LogP contribution in [0.3, 0.4) is 0 Å². The van der Waals surface area contributed by atoms with E-state index >= 15 is 0 Å². The fraction of sp³-hybridized carbons (Fsp3) is 0.286. The van der Waals surface area contributed by atoms with Crippen molar-refractivity contribution < 1.29 is 31.9 Å². The number of hydrogen-bond donors (Lipinski definition) is 1. The third kappa shape index (κ3) is 5.96. The summed E-state index contributed by atoms with van der Waals surface area (Å²) in [4.78, 5) is 35.4. The molecule has 1 N–H and O–H groups in total. The summed E-state index contributed by atoms with van der Waals surface area (Å²) in [6.07, 6.45) is 0. The molecule has 0 bridgehead atoms. The van der Waals surface area contributed by atoms with E-state index in [-0.39, 0.29) is 23.8 Å². The molecule has 0 aromatic heterocycles. The number of halogens is 1. The zero-order valence-electron chi connectivity index (χ0n) is 17.3. The van der Waals surface area contributed by atoms with E-state index in [9.17, 15) is 27.2 Å². The van der Waals surface area contributed by atoms with Crippen molar-refractivity contribution in [3.05, 3.63) is 59.4 Å². The van der Waals surface area contributed by atoms with Gasteiger partial charge in [0.15, 0.2) is 12.4 Å². The molecule has 0 heterocycles. The molecule has 0 radical (unpaired) electrons. The van der Waals surface area contributed by atoms with E-state index < -0.39 is 39.9 Å². The second-order valence-corrected chi connectivity index (χ2v) is 8.43. The number of ketones is 1. The maximum Gasteiger partial charge on any atom is 0.341 e. The van der Waals surface area contributed by atoms with Gasteiger partial charge in [0, 0.05) is 24.3 Å². The Balaban J connectivity index is 2.11. The van der Waals surface area contributed by atoms with Gasteiger partial charge >= 0.3 is 5.97 Å². The van der Waals surface area contributed by atoms with Gasteiger partial charge in [-0.05, 0) is 37.3 Å². The van der Waals surface area contributed by atoms with Crippen molar-refractivity contribution >= 4 is 33.4 Å². The lowest BCUT2D eigenvalue weighted by atomic mass is 10.1. The Hall–Kier alpha value is -3.11. The van der Waals surface area contributed by atoms with Crippen molar-refractivity contribution in [2.24, 2.45) is 0 Å². The van der Waals surface area contributed by atoms with Crippen LogP contribution < -0.4 is 5.32 Å². The fourth-order valence-corrected chi connectivity index (χ4v) is 4.24. The SMILES string of the molecule is CCN(CC)S(=O)(=O)c1ccc(F)c(C(=O)OCC(=O)Nc2cccc(C(C)=O)c2)c1. The minimum Gasteiger partial charge on any atom is -0.452 e. The summed E-state index contributed by atoms with van der Waals surface area (Å²) in [6, 6.07) is 8.99. The molecule has 0 saturated carbocycles. The quantitative estimate of drug-likeness (QED) is 0.465. The van der Waals surface area contributed by atoms with Gasteiger partial charge in [-0.2, -0.15) is 4.31 Å². The molecule has 31 heavy (non-hydrogen) atoms. The standard InChI is InChI=1S/C21H23FN2O6S/c1-4-24(5-2)31(28,29)17-9-10-19(22)18(12-17)21(27)30-13-20(26)23-16-8-6-7-15(11-16)14(3)25/h6-12H,4-5,13H2,1-3H3,(H,23,26). The van der Waals surface area contributed by atoms with Crippen LogP contribution in [0.5, 0.6) is 0 Å². The first-order valence-corrected chi connectivity index (χ1v) is 10.9. The summed E-state index contributed by atoms with van der Waals surface area (Å²) in [5, 5.41) is 2.46. The average Bonchev–Trinajstić information content (AvgIpc) is 2.73. The van der Waals surface area contributed by atoms with Crippen LogP contribution in [0.15, 0.2) is 47.4 Å². The lowest BCUT2D eigenvalue weighted by Gasteiger charge is -2.18. The predicted molar refractivity (Wildman–Crippen MR) is 112 cm³/mol. The Morgan fingerprint density at radius 1 is 1.06 bits per heavy atom. The molecule has 0 aliphatic heterocycles. The summed E-state index contributed by atoms with van der Waals surface area (Å²) in [5.74, 6) is -3.04. The number of amides is 1. The van der Waals surface area contributed by atoms with Gasteiger partial charge in [-0.1, -0.05) is 26.0 Å². The number of esters is 1. The summed E-state index contributed by atoms with van der Waals surface area (Å²) >= 11 is 0.